The van der Waals surface area contributed by atoms with Gasteiger partial charge in [0.1, 0.15) is 5.82 Å². The summed E-state index contributed by atoms with van der Waals surface area (Å²) in [5.74, 6) is 1.78. The Morgan fingerprint density at radius 2 is 1.86 bits per heavy atom. The van der Waals surface area contributed by atoms with Gasteiger partial charge in [-0.15, -0.1) is 0 Å². The normalized spacial score (nSPS) is 17.9. The molecule has 2 aliphatic rings. The molecule has 1 aromatic rings. The number of aliphatic hydroxyl groups is 1. The number of nitrogen functional groups attached to an aromatic ring is 1. The van der Waals surface area contributed by atoms with Crippen molar-refractivity contribution in [3.05, 3.63) is 29.6 Å². The van der Waals surface area contributed by atoms with Crippen molar-refractivity contribution < 1.29 is 23.9 Å². The second-order valence-electron chi connectivity index (χ2n) is 10.2. The van der Waals surface area contributed by atoms with Crippen molar-refractivity contribution in [2.24, 2.45) is 5.92 Å². The van der Waals surface area contributed by atoms with Crippen molar-refractivity contribution in [1.82, 2.24) is 21.3 Å². The van der Waals surface area contributed by atoms with Crippen LogP contribution in [0.25, 0.3) is 0 Å². The van der Waals surface area contributed by atoms with E-state index in [1.807, 2.05) is 11.8 Å². The molecule has 2 atom stereocenters. The Bertz CT molecular complexity index is 871. The minimum Gasteiger partial charge on any atom is -0.399 e. The number of fused-ring (bicyclic) bond motifs is 1. The highest BCUT2D eigenvalue weighted by Crippen LogP contribution is 2.20. The lowest BCUT2D eigenvalue weighted by Gasteiger charge is -2.23. The van der Waals surface area contributed by atoms with Crippen LogP contribution in [0, 0.1) is 11.7 Å². The van der Waals surface area contributed by atoms with Crippen molar-refractivity contribution >= 4 is 35.3 Å². The first-order chi connectivity index (χ1) is 17.4. The van der Waals surface area contributed by atoms with Gasteiger partial charge in [0.25, 0.3) is 5.91 Å². The molecule has 11 heteroatoms. The van der Waals surface area contributed by atoms with E-state index in [4.69, 9.17) is 10.8 Å². The number of carbonyl (C=O) groups excluding carboxylic acids is 3. The number of amides is 4. The zero-order valence-corrected chi connectivity index (χ0v) is 23.5. The van der Waals surface area contributed by atoms with Crippen LogP contribution >= 0.6 is 11.8 Å². The van der Waals surface area contributed by atoms with Crippen LogP contribution < -0.4 is 27.0 Å². The number of urea groups is 1. The number of carbonyl (C=O) groups is 3. The Labute approximate surface area is 224 Å². The molecule has 4 amide bonds. The third-order valence-corrected chi connectivity index (χ3v) is 6.79. The van der Waals surface area contributed by atoms with E-state index in [0.29, 0.717) is 24.4 Å². The summed E-state index contributed by atoms with van der Waals surface area (Å²) in [6.45, 7) is 10.3. The summed E-state index contributed by atoms with van der Waals surface area (Å²) in [5, 5.41) is 20.1. The lowest BCUT2D eigenvalue weighted by Crippen LogP contribution is -2.46. The van der Waals surface area contributed by atoms with Gasteiger partial charge in [0.05, 0.1) is 29.8 Å². The predicted octanol–water partition coefficient (Wildman–Crippen LogP) is 3.03. The molecule has 2 fully saturated rings. The number of hydrogen-bond donors (Lipinski definition) is 6. The van der Waals surface area contributed by atoms with Gasteiger partial charge < -0.3 is 32.1 Å². The molecular weight excluding hydrogens is 497 g/mol. The molecule has 0 radical (unpaired) electrons. The van der Waals surface area contributed by atoms with Gasteiger partial charge in [-0.05, 0) is 50.8 Å². The number of thioether (sulfide) groups is 1. The van der Waals surface area contributed by atoms with Gasteiger partial charge in [0.2, 0.25) is 5.91 Å². The summed E-state index contributed by atoms with van der Waals surface area (Å²) in [4.78, 5) is 33.3. The summed E-state index contributed by atoms with van der Waals surface area (Å²) in [5.41, 5.74) is 4.75. The fraction of sp³-hybridized carbons (Fsp3) is 0.654. The first-order valence-corrected chi connectivity index (χ1v) is 13.9. The molecule has 210 valence electrons. The van der Waals surface area contributed by atoms with Crippen molar-refractivity contribution in [1.29, 1.82) is 0 Å². The Kier molecular flexibility index (Phi) is 14.4. The summed E-state index contributed by atoms with van der Waals surface area (Å²) < 4.78 is 13.4. The van der Waals surface area contributed by atoms with Gasteiger partial charge in [-0.3, -0.25) is 9.59 Å². The average Bonchev–Trinajstić information content (AvgIpc) is 3.38. The van der Waals surface area contributed by atoms with Crippen molar-refractivity contribution in [2.75, 3.05) is 30.4 Å². The molecule has 37 heavy (non-hydrogen) atoms. The maximum Gasteiger partial charge on any atom is 0.315 e. The molecule has 1 aromatic carbocycles. The van der Waals surface area contributed by atoms with Crippen LogP contribution in [0.1, 0.15) is 70.7 Å². The second kappa shape index (κ2) is 16.3. The van der Waals surface area contributed by atoms with Gasteiger partial charge in [-0.2, -0.15) is 11.8 Å². The molecule has 0 bridgehead atoms. The molecule has 0 aliphatic carbocycles. The average molecular weight is 542 g/mol. The number of hydrogen-bond acceptors (Lipinski definition) is 6. The lowest BCUT2D eigenvalue weighted by atomic mass is 10.1. The van der Waals surface area contributed by atoms with Gasteiger partial charge in [-0.25, -0.2) is 9.18 Å². The highest BCUT2D eigenvalue weighted by atomic mass is 32.2. The largest absolute Gasteiger partial charge is 0.399 e. The Balaban J connectivity index is 0.000000288. The number of aliphatic hydroxyl groups excluding tert-OH is 1. The van der Waals surface area contributed by atoms with E-state index >= 15 is 0 Å². The van der Waals surface area contributed by atoms with Gasteiger partial charge in [-0.1, -0.05) is 27.2 Å². The minimum absolute atomic E-state index is 0.00491. The van der Waals surface area contributed by atoms with Gasteiger partial charge >= 0.3 is 6.03 Å². The van der Waals surface area contributed by atoms with E-state index in [1.54, 1.807) is 13.8 Å². The van der Waals surface area contributed by atoms with E-state index in [-0.39, 0.29) is 29.8 Å². The molecule has 2 unspecified atom stereocenters. The Hall–Kier alpha value is -2.53. The number of unbranched alkanes of at least 4 members (excludes halogenated alkanes) is 1. The monoisotopic (exact) mass is 541 g/mol. The maximum absolute atomic E-state index is 13.4. The van der Waals surface area contributed by atoms with Crippen molar-refractivity contribution in [3.63, 3.8) is 0 Å². The van der Waals surface area contributed by atoms with Crippen LogP contribution in [0.4, 0.5) is 14.9 Å². The third-order valence-electron chi connectivity index (χ3n) is 5.60. The molecule has 7 N–H and O–H groups in total. The van der Waals surface area contributed by atoms with Crippen LogP contribution in [-0.2, 0) is 4.79 Å². The number of nitrogens with two attached hydrogens (primary N) is 1. The quantitative estimate of drug-likeness (QED) is 0.209. The predicted molar refractivity (Wildman–Crippen MR) is 148 cm³/mol. The molecule has 9 nitrogen and oxygen atoms in total. The fourth-order valence-electron chi connectivity index (χ4n) is 3.27. The zero-order valence-electron chi connectivity index (χ0n) is 22.7. The van der Waals surface area contributed by atoms with E-state index in [0.717, 1.165) is 43.4 Å². The van der Waals surface area contributed by atoms with Crippen LogP contribution in [0.3, 0.4) is 0 Å². The second-order valence-corrected chi connectivity index (χ2v) is 11.3. The molecule has 2 heterocycles. The number of anilines is 1. The van der Waals surface area contributed by atoms with E-state index in [2.05, 4.69) is 42.0 Å². The van der Waals surface area contributed by atoms with E-state index in [9.17, 15) is 18.8 Å². The van der Waals surface area contributed by atoms with Crippen LogP contribution in [-0.4, -0.2) is 65.2 Å². The fourth-order valence-corrected chi connectivity index (χ4v) is 4.55. The molecule has 3 rings (SSSR count). The van der Waals surface area contributed by atoms with Crippen LogP contribution in [0.5, 0.6) is 0 Å². The number of rotatable bonds is 9. The molecule has 0 saturated carbocycles. The third kappa shape index (κ3) is 13.0. The first kappa shape index (κ1) is 32.5. The highest BCUT2D eigenvalue weighted by Gasteiger charge is 2.35. The summed E-state index contributed by atoms with van der Waals surface area (Å²) in [7, 11) is 0. The highest BCUT2D eigenvalue weighted by molar-refractivity contribution is 7.99. The SMILES string of the molecule is CC(C)(CO)NC(=O)c1ccc(N)cc1F.CCCCC(=O)NCCC(C)C.O=C1NC2CSCC2N1. The van der Waals surface area contributed by atoms with Gasteiger partial charge in [0.15, 0.2) is 0 Å². The van der Waals surface area contributed by atoms with Gasteiger partial charge in [0, 0.05) is 30.2 Å². The maximum atomic E-state index is 13.4. The van der Waals surface area contributed by atoms with E-state index < -0.39 is 17.3 Å². The summed E-state index contributed by atoms with van der Waals surface area (Å²) in [6, 6.07) is 4.66. The van der Waals surface area contributed by atoms with Crippen LogP contribution in [0.2, 0.25) is 0 Å². The topological polar surface area (TPSA) is 146 Å². The van der Waals surface area contributed by atoms with E-state index in [1.165, 1.54) is 12.1 Å². The Morgan fingerprint density at radius 1 is 1.24 bits per heavy atom. The first-order valence-electron chi connectivity index (χ1n) is 12.8. The molecule has 0 aromatic heterocycles. The molecular formula is C26H44FN5O4S. The summed E-state index contributed by atoms with van der Waals surface area (Å²) >= 11 is 1.89. The van der Waals surface area contributed by atoms with Crippen molar-refractivity contribution in [2.45, 2.75) is 77.9 Å². The van der Waals surface area contributed by atoms with Crippen LogP contribution in [0.15, 0.2) is 18.2 Å². The number of halogens is 1. The molecule has 2 aliphatic heterocycles. The number of benzene rings is 1. The molecule has 0 spiro atoms. The smallest absolute Gasteiger partial charge is 0.315 e. The molecule has 2 saturated heterocycles. The minimum atomic E-state index is -0.787. The standard InChI is InChI=1S/C11H15FN2O2.C10H21NO.C5H8N2OS/c1-11(2,6-15)14-10(16)8-4-3-7(13)5-9(8)12;1-4-5-6-10(12)11-8-7-9(2)3;8-5-6-3-1-9-2-4(3)7-5/h3-5,15H,6,13H2,1-2H3,(H,14,16);9H,4-8H2,1-3H3,(H,11,12);3-4H,1-2H2,(H2,6,7,8). The summed E-state index contributed by atoms with van der Waals surface area (Å²) in [6.07, 6.45) is 3.87. The number of nitrogens with one attached hydrogen (secondary N) is 4. The lowest BCUT2D eigenvalue weighted by molar-refractivity contribution is -0.121. The Morgan fingerprint density at radius 3 is 2.38 bits per heavy atom. The zero-order chi connectivity index (χ0) is 28.0. The van der Waals surface area contributed by atoms with Crippen molar-refractivity contribution in [3.8, 4) is 0 Å².